The van der Waals surface area contributed by atoms with Gasteiger partial charge in [-0.1, -0.05) is 0 Å². The topological polar surface area (TPSA) is 126 Å². The van der Waals surface area contributed by atoms with Crippen molar-refractivity contribution in [1.29, 1.82) is 0 Å². The van der Waals surface area contributed by atoms with Crippen molar-refractivity contribution in [2.75, 3.05) is 0 Å². The van der Waals surface area contributed by atoms with E-state index in [-0.39, 0.29) is 184 Å². The van der Waals surface area contributed by atoms with Gasteiger partial charge in [0.1, 0.15) is 0 Å². The van der Waals surface area contributed by atoms with Crippen molar-refractivity contribution in [1.82, 2.24) is 0 Å². The zero-order valence-corrected chi connectivity index (χ0v) is 20.7. The van der Waals surface area contributed by atoms with E-state index >= 15 is 0 Å². The molecule has 0 bridgehead atoms. The first-order chi connectivity index (χ1) is 3.73. The molecule has 11 heteroatoms. The molecule has 56 valence electrons. The van der Waals surface area contributed by atoms with E-state index in [1.165, 1.54) is 0 Å². The molecular formula is C2H3K3NaO6P. The van der Waals surface area contributed by atoms with Crippen LogP contribution < -0.4 is 203 Å². The van der Waals surface area contributed by atoms with Crippen LogP contribution >= 0.6 is 7.82 Å². The fourth-order valence-corrected chi connectivity index (χ4v) is 0. The van der Waals surface area contributed by atoms with Crippen molar-refractivity contribution in [2.24, 2.45) is 0 Å². The van der Waals surface area contributed by atoms with Crippen LogP contribution in [0.1, 0.15) is 6.92 Å². The number of carboxylic acids is 1. The van der Waals surface area contributed by atoms with Crippen LogP contribution in [0.15, 0.2) is 0 Å². The fraction of sp³-hybridized carbons (Fsp3) is 0.500. The Morgan fingerprint density at radius 2 is 1.08 bits per heavy atom. The number of aliphatic carboxylic acids is 1. The second kappa shape index (κ2) is 22.7. The molecule has 0 N–H and O–H groups in total. The molecule has 6 nitrogen and oxygen atoms in total. The molecule has 0 unspecified atom stereocenters. The van der Waals surface area contributed by atoms with Gasteiger partial charge in [0.05, 0.1) is 0 Å². The number of hydrogen-bond acceptors (Lipinski definition) is 6. The summed E-state index contributed by atoms with van der Waals surface area (Å²) in [4.78, 5) is 34.5. The Morgan fingerprint density at radius 3 is 1.08 bits per heavy atom. The van der Waals surface area contributed by atoms with Gasteiger partial charge in [-0.2, -0.15) is 7.82 Å². The van der Waals surface area contributed by atoms with E-state index in [9.17, 15) is 0 Å². The van der Waals surface area contributed by atoms with Crippen molar-refractivity contribution in [3.8, 4) is 0 Å². The molecule has 0 aromatic heterocycles. The van der Waals surface area contributed by atoms with Crippen molar-refractivity contribution in [3.63, 3.8) is 0 Å². The minimum Gasteiger partial charge on any atom is -0.822 e. The van der Waals surface area contributed by atoms with Gasteiger partial charge < -0.3 is 29.1 Å². The van der Waals surface area contributed by atoms with Crippen LogP contribution in [0.3, 0.4) is 0 Å². The zero-order chi connectivity index (χ0) is 8.08. The summed E-state index contributed by atoms with van der Waals surface area (Å²) in [6.07, 6.45) is 0. The van der Waals surface area contributed by atoms with Gasteiger partial charge in [-0.05, 0) is 6.92 Å². The molecule has 0 atom stereocenters. The number of phosphoric acid groups is 1. The third kappa shape index (κ3) is 139. The van der Waals surface area contributed by atoms with Crippen LogP contribution in [0.2, 0.25) is 0 Å². The van der Waals surface area contributed by atoms with Gasteiger partial charge in [0.25, 0.3) is 0 Å². The molecule has 0 saturated carbocycles. The van der Waals surface area contributed by atoms with Gasteiger partial charge in [0.15, 0.2) is 0 Å². The predicted molar refractivity (Wildman–Crippen MR) is 18.3 cm³/mol. The van der Waals surface area contributed by atoms with Gasteiger partial charge in [-0.3, -0.25) is 0 Å². The molecule has 0 aliphatic carbocycles. The summed E-state index contributed by atoms with van der Waals surface area (Å²) < 4.78 is 8.55. The van der Waals surface area contributed by atoms with Crippen molar-refractivity contribution in [3.05, 3.63) is 0 Å². The first-order valence-corrected chi connectivity index (χ1v) is 3.10. The standard InChI is InChI=1S/C2H4O2.3K.Na.H3O4P/c1-2(3)4;;;;;1-5(2,3)4/h1H3,(H,3,4);;;;;(H3,1,2,3,4)/q;4*+1;/p-4. The van der Waals surface area contributed by atoms with Crippen LogP contribution in [0.25, 0.3) is 0 Å². The van der Waals surface area contributed by atoms with E-state index in [2.05, 4.69) is 0 Å². The minimum atomic E-state index is -5.39. The average molecular weight is 294 g/mol. The maximum absolute atomic E-state index is 8.89. The summed E-state index contributed by atoms with van der Waals surface area (Å²) in [7, 11) is -5.39. The maximum Gasteiger partial charge on any atom is 1.00 e. The Labute approximate surface area is 226 Å². The van der Waals surface area contributed by atoms with Gasteiger partial charge in [0, 0.05) is 5.97 Å². The number of carbonyl (C=O) groups is 1. The zero-order valence-electron chi connectivity index (χ0n) is 8.40. The van der Waals surface area contributed by atoms with Crippen LogP contribution in [-0.4, -0.2) is 5.97 Å². The molecule has 0 rings (SSSR count). The number of rotatable bonds is 0. The van der Waals surface area contributed by atoms with Gasteiger partial charge in [-0.25, -0.2) is 0 Å². The first kappa shape index (κ1) is 36.3. The SMILES string of the molecule is CC(=O)[O-].O=P([O-])([O-])[O-].[K+].[K+].[K+].[Na+]. The largest absolute Gasteiger partial charge is 1.00 e. The van der Waals surface area contributed by atoms with E-state index in [1.807, 2.05) is 0 Å². The molecule has 0 aromatic rings. The van der Waals surface area contributed by atoms with Gasteiger partial charge in [0.2, 0.25) is 0 Å². The summed E-state index contributed by atoms with van der Waals surface area (Å²) in [6, 6.07) is 0. The average Bonchev–Trinajstić information content (AvgIpc) is 1.19. The Kier molecular flexibility index (Phi) is 63.2. The maximum atomic E-state index is 8.89. The molecule has 0 fully saturated rings. The molecule has 0 radical (unpaired) electrons. The molecule has 0 spiro atoms. The number of carbonyl (C=O) groups excluding carboxylic acids is 1. The molecular weight excluding hydrogens is 291 g/mol. The van der Waals surface area contributed by atoms with E-state index in [4.69, 9.17) is 29.1 Å². The Bertz CT molecular complexity index is 126. The Hall–Kier alpha value is 5.49. The molecule has 0 aliphatic rings. The molecule has 0 heterocycles. The summed E-state index contributed by atoms with van der Waals surface area (Å²) >= 11 is 0. The minimum absolute atomic E-state index is 0. The van der Waals surface area contributed by atoms with E-state index < -0.39 is 13.8 Å². The number of hydrogen-bond donors (Lipinski definition) is 0. The van der Waals surface area contributed by atoms with Crippen molar-refractivity contribution in [2.45, 2.75) is 6.92 Å². The Morgan fingerprint density at radius 1 is 1.08 bits per heavy atom. The predicted octanol–water partition coefficient (Wildman–Crippen LogP) is -16.1. The molecule has 0 aromatic carbocycles. The monoisotopic (exact) mass is 294 g/mol. The fourth-order valence-electron chi connectivity index (χ4n) is 0. The molecule has 0 saturated heterocycles. The summed E-state index contributed by atoms with van der Waals surface area (Å²) in [5.41, 5.74) is 0. The smallest absolute Gasteiger partial charge is 0.822 e. The third-order valence-corrected chi connectivity index (χ3v) is 0. The second-order valence-corrected chi connectivity index (χ2v) is 1.83. The second-order valence-electron chi connectivity index (χ2n) is 0.939. The van der Waals surface area contributed by atoms with Crippen LogP contribution in [0, 0.1) is 0 Å². The van der Waals surface area contributed by atoms with Crippen molar-refractivity contribution >= 4 is 13.8 Å². The quantitative estimate of drug-likeness (QED) is 0.322. The summed E-state index contributed by atoms with van der Waals surface area (Å²) in [6.45, 7) is 0.972. The van der Waals surface area contributed by atoms with Gasteiger partial charge in [-0.15, -0.1) is 0 Å². The normalized spacial score (nSPS) is 6.46. The summed E-state index contributed by atoms with van der Waals surface area (Å²) in [5.74, 6) is -1.08. The summed E-state index contributed by atoms with van der Waals surface area (Å²) in [5, 5.41) is 8.89. The molecule has 0 aliphatic heterocycles. The van der Waals surface area contributed by atoms with E-state index in [0.717, 1.165) is 6.92 Å². The van der Waals surface area contributed by atoms with Gasteiger partial charge >= 0.3 is 184 Å². The molecule has 0 amide bonds. The third-order valence-electron chi connectivity index (χ3n) is 0. The van der Waals surface area contributed by atoms with Crippen LogP contribution in [-0.2, 0) is 9.36 Å². The Balaban J connectivity index is -0.0000000146. The van der Waals surface area contributed by atoms with Crippen LogP contribution in [0.5, 0.6) is 0 Å². The van der Waals surface area contributed by atoms with E-state index in [0.29, 0.717) is 0 Å². The van der Waals surface area contributed by atoms with Crippen molar-refractivity contribution < 1.29 is 213 Å². The number of carboxylic acid groups (broad SMARTS) is 1. The van der Waals surface area contributed by atoms with Crippen LogP contribution in [0.4, 0.5) is 0 Å². The van der Waals surface area contributed by atoms with E-state index in [1.54, 1.807) is 0 Å². The molecule has 13 heavy (non-hydrogen) atoms. The first-order valence-electron chi connectivity index (χ1n) is 1.64.